The topological polar surface area (TPSA) is 150 Å². The first-order valence-electron chi connectivity index (χ1n) is 7.07. The molecule has 2 aliphatic heterocycles. The lowest BCUT2D eigenvalue weighted by molar-refractivity contribution is -0.160. The number of thioether (sulfide) groups is 1. The average molecular weight is 392 g/mol. The summed E-state index contributed by atoms with van der Waals surface area (Å²) in [6.45, 7) is 2.63. The van der Waals surface area contributed by atoms with E-state index in [-0.39, 0.29) is 18.0 Å². The molecule has 3 atom stereocenters. The molecule has 0 bridgehead atoms. The summed E-state index contributed by atoms with van der Waals surface area (Å²) in [5.41, 5.74) is -0.178. The number of fused-ring (bicyclic) bond motifs is 1. The van der Waals surface area contributed by atoms with Crippen LogP contribution in [-0.4, -0.2) is 52.9 Å². The van der Waals surface area contributed by atoms with E-state index in [1.165, 1.54) is 25.5 Å². The van der Waals surface area contributed by atoms with Crippen LogP contribution in [0.25, 0.3) is 0 Å². The number of carboxylic acid groups (broad SMARTS) is 1. The van der Waals surface area contributed by atoms with Gasteiger partial charge in [-0.05, 0) is 12.3 Å². The lowest BCUT2D eigenvalue weighted by Crippen LogP contribution is -2.62. The van der Waals surface area contributed by atoms with Gasteiger partial charge in [0.25, 0.3) is 0 Å². The Morgan fingerprint density at radius 3 is 2.64 bits per heavy atom. The number of aliphatic carboxylic acids is 1. The summed E-state index contributed by atoms with van der Waals surface area (Å²) in [7, 11) is -4.72. The van der Waals surface area contributed by atoms with Crippen LogP contribution in [0.15, 0.2) is 22.2 Å². The second-order valence-electron chi connectivity index (χ2n) is 5.43. The molecule has 25 heavy (non-hydrogen) atoms. The minimum Gasteiger partial charge on any atom is -0.477 e. The number of carbonyl (C=O) groups excluding carboxylic acids is 2. The lowest BCUT2D eigenvalue weighted by Gasteiger charge is -2.45. The van der Waals surface area contributed by atoms with Gasteiger partial charge in [0.2, 0.25) is 11.8 Å². The van der Waals surface area contributed by atoms with Crippen LogP contribution in [0.3, 0.4) is 0 Å². The summed E-state index contributed by atoms with van der Waals surface area (Å²) in [4.78, 5) is 36.0. The highest BCUT2D eigenvalue weighted by atomic mass is 32.3. The first-order chi connectivity index (χ1) is 11.5. The quantitative estimate of drug-likeness (QED) is 0.403. The van der Waals surface area contributed by atoms with Crippen molar-refractivity contribution >= 4 is 39.9 Å². The normalized spacial score (nSPS) is 24.3. The molecule has 0 aromatic carbocycles. The second-order valence-corrected chi connectivity index (χ2v) is 7.48. The molecule has 1 saturated heterocycles. The molecular weight excluding hydrogens is 376 g/mol. The Kier molecular flexibility index (Phi) is 5.56. The molecule has 2 heterocycles. The minimum atomic E-state index is -4.72. The Hall–Kier alpha value is -1.89. The van der Waals surface area contributed by atoms with Gasteiger partial charge in [0, 0.05) is 24.4 Å². The van der Waals surface area contributed by atoms with Crippen molar-refractivity contribution < 1.29 is 36.6 Å². The van der Waals surface area contributed by atoms with Gasteiger partial charge >= 0.3 is 16.4 Å². The lowest BCUT2D eigenvalue weighted by atomic mass is 9.83. The molecule has 10 nitrogen and oxygen atoms in total. The molecular formula is C13H16N2O8S2. The number of hydrogen-bond donors (Lipinski definition) is 3. The highest BCUT2D eigenvalue weighted by Crippen LogP contribution is 2.47. The average Bonchev–Trinajstić information content (AvgIpc) is 2.76. The van der Waals surface area contributed by atoms with Crippen molar-refractivity contribution in [3.05, 3.63) is 22.2 Å². The first kappa shape index (κ1) is 19.4. The van der Waals surface area contributed by atoms with Gasteiger partial charge in [0.05, 0.1) is 18.1 Å². The van der Waals surface area contributed by atoms with Gasteiger partial charge in [-0.1, -0.05) is 11.8 Å². The zero-order chi connectivity index (χ0) is 18.9. The fraction of sp³-hybridized carbons (Fsp3) is 0.462. The summed E-state index contributed by atoms with van der Waals surface area (Å²) < 4.78 is 34.8. The molecule has 2 rings (SSSR count). The van der Waals surface area contributed by atoms with E-state index in [2.05, 4.69) is 9.50 Å². The Labute approximate surface area is 147 Å². The minimum absolute atomic E-state index is 0.178. The van der Waals surface area contributed by atoms with Crippen LogP contribution >= 0.6 is 11.8 Å². The molecule has 1 fully saturated rings. The van der Waals surface area contributed by atoms with E-state index in [0.29, 0.717) is 4.91 Å². The molecule has 0 aliphatic carbocycles. The maximum Gasteiger partial charge on any atom is 0.397 e. The van der Waals surface area contributed by atoms with Crippen molar-refractivity contribution in [3.8, 4) is 0 Å². The molecule has 2 amide bonds. The number of nitrogens with one attached hydrogen (secondary N) is 1. The van der Waals surface area contributed by atoms with Crippen LogP contribution in [0.4, 0.5) is 0 Å². The number of rotatable bonds is 7. The Morgan fingerprint density at radius 1 is 1.48 bits per heavy atom. The van der Waals surface area contributed by atoms with Gasteiger partial charge in [-0.2, -0.15) is 8.42 Å². The van der Waals surface area contributed by atoms with Gasteiger partial charge in [0.15, 0.2) is 0 Å². The number of nitrogens with zero attached hydrogens (tertiary/aromatic N) is 1. The van der Waals surface area contributed by atoms with Gasteiger partial charge < -0.3 is 15.3 Å². The first-order valence-corrected chi connectivity index (χ1v) is 9.31. The molecule has 138 valence electrons. The monoisotopic (exact) mass is 392 g/mol. The SMILES string of the molecule is CC(=O)N/C=C/SC1=C(C(=O)O)N2C(=O)[C@@H](C(C)OS(=O)(=O)O)[C@H]2C1. The van der Waals surface area contributed by atoms with Crippen molar-refractivity contribution in [1.82, 2.24) is 10.2 Å². The van der Waals surface area contributed by atoms with E-state index in [1.807, 2.05) is 0 Å². The smallest absolute Gasteiger partial charge is 0.397 e. The van der Waals surface area contributed by atoms with E-state index >= 15 is 0 Å². The second kappa shape index (κ2) is 7.15. The van der Waals surface area contributed by atoms with E-state index < -0.39 is 40.3 Å². The van der Waals surface area contributed by atoms with Crippen LogP contribution in [0.2, 0.25) is 0 Å². The summed E-state index contributed by atoms with van der Waals surface area (Å²) in [6.07, 6.45) is 0.420. The highest BCUT2D eigenvalue weighted by Gasteiger charge is 2.57. The number of hydrogen-bond acceptors (Lipinski definition) is 7. The molecule has 0 spiro atoms. The predicted molar refractivity (Wildman–Crippen MR) is 86.0 cm³/mol. The number of β-lactam (4-membered cyclic amide) rings is 1. The van der Waals surface area contributed by atoms with E-state index in [1.54, 1.807) is 0 Å². The van der Waals surface area contributed by atoms with E-state index in [9.17, 15) is 27.9 Å². The Bertz CT molecular complexity index is 773. The van der Waals surface area contributed by atoms with E-state index in [4.69, 9.17) is 4.55 Å². The molecule has 0 aromatic rings. The number of carbonyl (C=O) groups is 3. The maximum atomic E-state index is 12.2. The zero-order valence-corrected chi connectivity index (χ0v) is 14.8. The van der Waals surface area contributed by atoms with Gasteiger partial charge in [0.1, 0.15) is 5.70 Å². The van der Waals surface area contributed by atoms with Crippen molar-refractivity contribution in [2.24, 2.45) is 5.92 Å². The Morgan fingerprint density at radius 2 is 2.12 bits per heavy atom. The maximum absolute atomic E-state index is 12.2. The van der Waals surface area contributed by atoms with Crippen molar-refractivity contribution in [2.45, 2.75) is 32.4 Å². The third-order valence-corrected chi connectivity index (χ3v) is 5.18. The fourth-order valence-electron chi connectivity index (χ4n) is 2.84. The third-order valence-electron chi connectivity index (χ3n) is 3.71. The number of amides is 2. The largest absolute Gasteiger partial charge is 0.477 e. The van der Waals surface area contributed by atoms with Crippen molar-refractivity contribution in [3.63, 3.8) is 0 Å². The summed E-state index contributed by atoms with van der Waals surface area (Å²) >= 11 is 1.04. The summed E-state index contributed by atoms with van der Waals surface area (Å²) in [5.74, 6) is -3.03. The van der Waals surface area contributed by atoms with Crippen LogP contribution < -0.4 is 5.32 Å². The van der Waals surface area contributed by atoms with Crippen molar-refractivity contribution in [2.75, 3.05) is 0 Å². The van der Waals surface area contributed by atoms with Crippen LogP contribution in [-0.2, 0) is 29.0 Å². The van der Waals surface area contributed by atoms with Crippen LogP contribution in [0.1, 0.15) is 20.3 Å². The van der Waals surface area contributed by atoms with Crippen LogP contribution in [0.5, 0.6) is 0 Å². The van der Waals surface area contributed by atoms with E-state index in [0.717, 1.165) is 16.7 Å². The third kappa shape index (κ3) is 4.21. The molecule has 0 aromatic heterocycles. The molecule has 2 aliphatic rings. The van der Waals surface area contributed by atoms with Gasteiger partial charge in [-0.25, -0.2) is 8.98 Å². The zero-order valence-electron chi connectivity index (χ0n) is 13.2. The van der Waals surface area contributed by atoms with Crippen LogP contribution in [0, 0.1) is 5.92 Å². The molecule has 1 unspecified atom stereocenters. The molecule has 3 N–H and O–H groups in total. The standard InChI is InChI=1S/C13H16N2O8S2/c1-6(23-25(20,21)22)10-8-5-9(24-4-3-14-7(2)16)11(13(18)19)15(8)12(10)17/h3-4,6,8,10H,5H2,1-2H3,(H,14,16)(H,18,19)(H,20,21,22)/b4-3+/t6?,8-,10+/m1/s1. The van der Waals surface area contributed by atoms with Crippen molar-refractivity contribution in [1.29, 1.82) is 0 Å². The molecule has 12 heteroatoms. The summed E-state index contributed by atoms with van der Waals surface area (Å²) in [6, 6.07) is -0.563. The highest BCUT2D eigenvalue weighted by molar-refractivity contribution is 8.05. The van der Waals surface area contributed by atoms with Gasteiger partial charge in [-0.3, -0.25) is 14.1 Å². The Balaban J connectivity index is 2.14. The molecule has 0 saturated carbocycles. The predicted octanol–water partition coefficient (Wildman–Crippen LogP) is 0.0617. The molecule has 0 radical (unpaired) electrons. The number of carboxylic acids is 1. The fourth-order valence-corrected chi connectivity index (χ4v) is 4.21. The summed E-state index contributed by atoms with van der Waals surface area (Å²) in [5, 5.41) is 13.2. The van der Waals surface area contributed by atoms with Gasteiger partial charge in [-0.15, -0.1) is 0 Å².